The molecule has 0 fully saturated rings. The van der Waals surface area contributed by atoms with Gasteiger partial charge in [-0.15, -0.1) is 0 Å². The first-order valence-electron chi connectivity index (χ1n) is 8.33. The van der Waals surface area contributed by atoms with E-state index in [2.05, 4.69) is 25.6 Å². The number of aromatic amines is 2. The predicted octanol–water partition coefficient (Wildman–Crippen LogP) is -1.16. The van der Waals surface area contributed by atoms with Crippen LogP contribution < -0.4 is 21.9 Å². The fraction of sp³-hybridized carbons (Fsp3) is 0.235. The zero-order valence-electron chi connectivity index (χ0n) is 14.9. The maximum absolute atomic E-state index is 12.3. The van der Waals surface area contributed by atoms with Crippen LogP contribution in [0.4, 0.5) is 5.95 Å². The van der Waals surface area contributed by atoms with Gasteiger partial charge in [0.15, 0.2) is 0 Å². The maximum Gasteiger partial charge on any atom is 0.328 e. The first-order chi connectivity index (χ1) is 13.4. The normalized spacial score (nSPS) is 11.9. The molecule has 11 heteroatoms. The van der Waals surface area contributed by atoms with Gasteiger partial charge in [-0.3, -0.25) is 29.3 Å². The van der Waals surface area contributed by atoms with E-state index in [9.17, 15) is 24.3 Å². The first kappa shape index (κ1) is 19.0. The molecule has 1 atom stereocenters. The highest BCUT2D eigenvalue weighted by atomic mass is 16.3. The molecule has 0 spiro atoms. The summed E-state index contributed by atoms with van der Waals surface area (Å²) in [5, 5.41) is 14.3. The molecule has 0 aliphatic carbocycles. The van der Waals surface area contributed by atoms with Gasteiger partial charge < -0.3 is 15.4 Å². The number of benzene rings is 1. The average Bonchev–Trinajstić information content (AvgIpc) is 3.06. The molecule has 3 rings (SSSR count). The molecule has 0 aliphatic rings. The fourth-order valence-corrected chi connectivity index (χ4v) is 2.54. The van der Waals surface area contributed by atoms with Gasteiger partial charge in [-0.2, -0.15) is 0 Å². The number of para-hydroxylation sites is 2. The third kappa shape index (κ3) is 4.15. The summed E-state index contributed by atoms with van der Waals surface area (Å²) in [4.78, 5) is 56.7. The molecule has 3 aromatic rings. The van der Waals surface area contributed by atoms with Crippen molar-refractivity contribution in [2.24, 2.45) is 0 Å². The van der Waals surface area contributed by atoms with Crippen LogP contribution in [0.2, 0.25) is 0 Å². The highest BCUT2D eigenvalue weighted by Crippen LogP contribution is 2.13. The Morgan fingerprint density at radius 2 is 2.00 bits per heavy atom. The van der Waals surface area contributed by atoms with E-state index in [1.807, 2.05) is 6.07 Å². The molecular formula is C17H18N6O5. The number of carbonyl (C=O) groups is 2. The van der Waals surface area contributed by atoms with Crippen LogP contribution in [-0.2, 0) is 16.1 Å². The third-order valence-electron chi connectivity index (χ3n) is 3.97. The van der Waals surface area contributed by atoms with Crippen molar-refractivity contribution in [3.63, 3.8) is 0 Å². The second kappa shape index (κ2) is 7.88. The van der Waals surface area contributed by atoms with Gasteiger partial charge in [-0.05, 0) is 19.1 Å². The molecule has 2 amide bonds. The van der Waals surface area contributed by atoms with Crippen molar-refractivity contribution in [2.75, 3.05) is 11.9 Å². The topological polar surface area (TPSA) is 162 Å². The number of amides is 2. The first-order valence-corrected chi connectivity index (χ1v) is 8.33. The molecule has 0 bridgehead atoms. The third-order valence-corrected chi connectivity index (χ3v) is 3.97. The van der Waals surface area contributed by atoms with Gasteiger partial charge in [0.05, 0.1) is 17.6 Å². The summed E-state index contributed by atoms with van der Waals surface area (Å²) in [6.07, 6.45) is 1.24. The lowest BCUT2D eigenvalue weighted by Gasteiger charge is -2.15. The molecule has 5 N–H and O–H groups in total. The monoisotopic (exact) mass is 386 g/mol. The van der Waals surface area contributed by atoms with Crippen LogP contribution >= 0.6 is 0 Å². The highest BCUT2D eigenvalue weighted by molar-refractivity contribution is 5.97. The number of hydrogen-bond acceptors (Lipinski definition) is 6. The molecule has 0 saturated heterocycles. The van der Waals surface area contributed by atoms with E-state index in [1.165, 1.54) is 13.1 Å². The fourth-order valence-electron chi connectivity index (χ4n) is 2.54. The predicted molar refractivity (Wildman–Crippen MR) is 99.8 cm³/mol. The molecule has 1 unspecified atom stereocenters. The molecule has 0 aliphatic heterocycles. The van der Waals surface area contributed by atoms with Gasteiger partial charge in [0.2, 0.25) is 11.9 Å². The van der Waals surface area contributed by atoms with Crippen molar-refractivity contribution in [1.82, 2.24) is 24.8 Å². The van der Waals surface area contributed by atoms with E-state index >= 15 is 0 Å². The Bertz CT molecular complexity index is 1110. The number of rotatable bonds is 6. The van der Waals surface area contributed by atoms with Gasteiger partial charge in [0.25, 0.3) is 11.5 Å². The molecule has 11 nitrogen and oxygen atoms in total. The van der Waals surface area contributed by atoms with Gasteiger partial charge in [-0.1, -0.05) is 12.1 Å². The Kier molecular flexibility index (Phi) is 5.36. The minimum atomic E-state index is -1.25. The van der Waals surface area contributed by atoms with Crippen molar-refractivity contribution < 1.29 is 14.7 Å². The van der Waals surface area contributed by atoms with E-state index in [-0.39, 0.29) is 11.5 Å². The molecule has 0 saturated carbocycles. The standard InChI is InChI=1S/C17H18N6O5/c1-9-6-23(17(28)22-14(9)26)7-13(25)18-12(8-24)15(27)21-16-19-10-4-2-3-5-11(10)20-16/h2-6,12,24H,7-8H2,1H3,(H,18,25)(H,22,26,28)(H2,19,20,21,27). The molecule has 1 aromatic carbocycles. The number of aliphatic hydroxyl groups is 1. The van der Waals surface area contributed by atoms with Gasteiger partial charge in [-0.25, -0.2) is 9.78 Å². The number of fused-ring (bicyclic) bond motifs is 1. The smallest absolute Gasteiger partial charge is 0.328 e. The maximum atomic E-state index is 12.3. The second-order valence-corrected chi connectivity index (χ2v) is 6.09. The van der Waals surface area contributed by atoms with E-state index in [4.69, 9.17) is 0 Å². The highest BCUT2D eigenvalue weighted by Gasteiger charge is 2.21. The second-order valence-electron chi connectivity index (χ2n) is 6.09. The lowest BCUT2D eigenvalue weighted by atomic mass is 10.3. The summed E-state index contributed by atoms with van der Waals surface area (Å²) < 4.78 is 0.998. The molecular weight excluding hydrogens is 368 g/mol. The van der Waals surface area contributed by atoms with Crippen LogP contribution in [0.3, 0.4) is 0 Å². The number of aromatic nitrogens is 4. The molecule has 28 heavy (non-hydrogen) atoms. The summed E-state index contributed by atoms with van der Waals surface area (Å²) in [7, 11) is 0. The van der Waals surface area contributed by atoms with Crippen LogP contribution in [0, 0.1) is 6.92 Å². The molecule has 2 aromatic heterocycles. The Morgan fingerprint density at radius 1 is 1.25 bits per heavy atom. The van der Waals surface area contributed by atoms with Crippen molar-refractivity contribution in [3.05, 3.63) is 56.9 Å². The number of hydrogen-bond donors (Lipinski definition) is 5. The minimum absolute atomic E-state index is 0.173. The number of nitrogens with zero attached hydrogens (tertiary/aromatic N) is 2. The Labute approximate surface area is 157 Å². The van der Waals surface area contributed by atoms with Crippen molar-refractivity contribution >= 4 is 28.8 Å². The van der Waals surface area contributed by atoms with Crippen molar-refractivity contribution in [2.45, 2.75) is 19.5 Å². The Morgan fingerprint density at radius 3 is 2.71 bits per heavy atom. The summed E-state index contributed by atoms with van der Waals surface area (Å²) in [5.74, 6) is -1.20. The lowest BCUT2D eigenvalue weighted by molar-refractivity contribution is -0.127. The van der Waals surface area contributed by atoms with Crippen LogP contribution in [0.1, 0.15) is 5.56 Å². The van der Waals surface area contributed by atoms with E-state index in [0.717, 1.165) is 10.1 Å². The summed E-state index contributed by atoms with van der Waals surface area (Å²) in [6, 6.07) is 5.90. The van der Waals surface area contributed by atoms with E-state index in [1.54, 1.807) is 18.2 Å². The number of anilines is 1. The molecule has 2 heterocycles. The number of aliphatic hydroxyl groups excluding tert-OH is 1. The number of H-pyrrole nitrogens is 2. The SMILES string of the molecule is Cc1cn(CC(=O)NC(CO)C(=O)Nc2nc3ccccc3[nH]2)c(=O)[nH]c1=O. The van der Waals surface area contributed by atoms with Crippen LogP contribution in [0.5, 0.6) is 0 Å². The quantitative estimate of drug-likeness (QED) is 0.359. The molecule has 0 radical (unpaired) electrons. The summed E-state index contributed by atoms with van der Waals surface area (Å²) >= 11 is 0. The zero-order chi connectivity index (χ0) is 20.3. The van der Waals surface area contributed by atoms with Gasteiger partial charge in [0, 0.05) is 11.8 Å². The number of carbonyl (C=O) groups excluding carboxylic acids is 2. The summed E-state index contributed by atoms with van der Waals surface area (Å²) in [5.41, 5.74) is 0.331. The molecule has 146 valence electrons. The van der Waals surface area contributed by atoms with Gasteiger partial charge >= 0.3 is 5.69 Å². The lowest BCUT2D eigenvalue weighted by Crippen LogP contribution is -2.48. The number of nitrogens with one attached hydrogen (secondary N) is 4. The van der Waals surface area contributed by atoms with Crippen LogP contribution in [-0.4, -0.2) is 49.1 Å². The van der Waals surface area contributed by atoms with E-state index in [0.29, 0.717) is 5.52 Å². The minimum Gasteiger partial charge on any atom is -0.394 e. The number of imidazole rings is 1. The van der Waals surface area contributed by atoms with E-state index < -0.39 is 42.3 Å². The van der Waals surface area contributed by atoms with Crippen molar-refractivity contribution in [1.29, 1.82) is 0 Å². The van der Waals surface area contributed by atoms with Crippen molar-refractivity contribution in [3.8, 4) is 0 Å². The zero-order valence-corrected chi connectivity index (χ0v) is 14.9. The van der Waals surface area contributed by atoms with Crippen LogP contribution in [0.25, 0.3) is 11.0 Å². The average molecular weight is 386 g/mol. The Balaban J connectivity index is 1.66. The number of aryl methyl sites for hydroxylation is 1. The Hall–Kier alpha value is -3.73. The van der Waals surface area contributed by atoms with Crippen LogP contribution in [0.15, 0.2) is 40.1 Å². The largest absolute Gasteiger partial charge is 0.394 e. The van der Waals surface area contributed by atoms with Gasteiger partial charge in [0.1, 0.15) is 12.6 Å². The summed E-state index contributed by atoms with van der Waals surface area (Å²) in [6.45, 7) is 0.409.